The average molecular weight is 351 g/mol. The molecule has 2 amide bonds. The highest BCUT2D eigenvalue weighted by molar-refractivity contribution is 5.89. The molecule has 0 atom stereocenters. The third kappa shape index (κ3) is 4.23. The van der Waals surface area contributed by atoms with Gasteiger partial charge in [0.15, 0.2) is 0 Å². The summed E-state index contributed by atoms with van der Waals surface area (Å²) in [4.78, 5) is 14.7. The number of anilines is 1. The summed E-state index contributed by atoms with van der Waals surface area (Å²) in [6, 6.07) is 16.5. The van der Waals surface area contributed by atoms with E-state index in [1.54, 1.807) is 0 Å². The van der Waals surface area contributed by atoms with Crippen LogP contribution in [-0.2, 0) is 24.1 Å². The molecule has 5 nitrogen and oxygen atoms in total. The van der Waals surface area contributed by atoms with Crippen molar-refractivity contribution in [1.29, 1.82) is 0 Å². The number of morpholine rings is 1. The molecule has 2 aromatic carbocycles. The molecule has 5 heteroatoms. The predicted octanol–water partition coefficient (Wildman–Crippen LogP) is 2.81. The molecule has 2 aliphatic rings. The smallest absolute Gasteiger partial charge is 0.319 e. The van der Waals surface area contributed by atoms with Gasteiger partial charge in [-0.1, -0.05) is 36.4 Å². The molecule has 1 heterocycles. The Balaban J connectivity index is 1.27. The molecule has 0 unspecified atom stereocenters. The van der Waals surface area contributed by atoms with E-state index >= 15 is 0 Å². The summed E-state index contributed by atoms with van der Waals surface area (Å²) >= 11 is 0. The van der Waals surface area contributed by atoms with E-state index in [1.165, 1.54) is 16.7 Å². The van der Waals surface area contributed by atoms with Gasteiger partial charge in [-0.3, -0.25) is 4.90 Å². The minimum Gasteiger partial charge on any atom is -0.379 e. The lowest BCUT2D eigenvalue weighted by atomic mass is 10.1. The summed E-state index contributed by atoms with van der Waals surface area (Å²) in [5.74, 6) is 0. The van der Waals surface area contributed by atoms with Crippen LogP contribution >= 0.6 is 0 Å². The minimum atomic E-state index is -0.135. The Morgan fingerprint density at radius 2 is 1.65 bits per heavy atom. The lowest BCUT2D eigenvalue weighted by Gasteiger charge is -2.26. The van der Waals surface area contributed by atoms with Crippen molar-refractivity contribution in [3.8, 4) is 0 Å². The van der Waals surface area contributed by atoms with Crippen LogP contribution in [0.4, 0.5) is 10.5 Å². The third-order valence-corrected chi connectivity index (χ3v) is 5.11. The molecular weight excluding hydrogens is 326 g/mol. The Kier molecular flexibility index (Phi) is 5.18. The van der Waals surface area contributed by atoms with Crippen molar-refractivity contribution in [2.45, 2.75) is 25.4 Å². The summed E-state index contributed by atoms with van der Waals surface area (Å²) in [6.07, 6.45) is 1.81. The van der Waals surface area contributed by atoms with E-state index in [0.29, 0.717) is 0 Å². The van der Waals surface area contributed by atoms with E-state index in [9.17, 15) is 4.79 Å². The van der Waals surface area contributed by atoms with Gasteiger partial charge in [0.25, 0.3) is 0 Å². The number of amides is 2. The second-order valence-electron chi connectivity index (χ2n) is 7.06. The van der Waals surface area contributed by atoms with Crippen LogP contribution in [-0.4, -0.2) is 43.3 Å². The van der Waals surface area contributed by atoms with Crippen LogP contribution in [0.15, 0.2) is 48.5 Å². The molecule has 1 aliphatic heterocycles. The predicted molar refractivity (Wildman–Crippen MR) is 102 cm³/mol. The van der Waals surface area contributed by atoms with Crippen LogP contribution in [0.2, 0.25) is 0 Å². The van der Waals surface area contributed by atoms with Gasteiger partial charge in [-0.25, -0.2) is 4.79 Å². The number of carbonyl (C=O) groups excluding carboxylic acids is 1. The molecular formula is C21H25N3O2. The molecule has 2 N–H and O–H groups in total. The molecule has 26 heavy (non-hydrogen) atoms. The fourth-order valence-corrected chi connectivity index (χ4v) is 3.72. The first-order chi connectivity index (χ1) is 12.8. The fraction of sp³-hybridized carbons (Fsp3) is 0.381. The summed E-state index contributed by atoms with van der Waals surface area (Å²) in [6.45, 7) is 4.50. The first-order valence-electron chi connectivity index (χ1n) is 9.29. The van der Waals surface area contributed by atoms with E-state index in [1.807, 2.05) is 12.1 Å². The van der Waals surface area contributed by atoms with Gasteiger partial charge in [0.05, 0.1) is 13.2 Å². The van der Waals surface area contributed by atoms with Gasteiger partial charge in [0, 0.05) is 31.4 Å². The number of benzene rings is 2. The maximum absolute atomic E-state index is 12.3. The Labute approximate surface area is 154 Å². The Morgan fingerprint density at radius 1 is 1.00 bits per heavy atom. The normalized spacial score (nSPS) is 17.7. The first kappa shape index (κ1) is 17.1. The number of carbonyl (C=O) groups is 1. The Hall–Kier alpha value is -2.37. The van der Waals surface area contributed by atoms with Gasteiger partial charge in [-0.2, -0.15) is 0 Å². The first-order valence-corrected chi connectivity index (χ1v) is 9.29. The number of nitrogens with one attached hydrogen (secondary N) is 2. The standard InChI is InChI=1S/C21H25N3O2/c25-21(23-20-13-17-3-1-2-4-18(17)14-20)22-19-7-5-16(6-8-19)15-24-9-11-26-12-10-24/h1-8,20H,9-15H2,(H2,22,23,25). The van der Waals surface area contributed by atoms with Gasteiger partial charge in [-0.05, 0) is 41.7 Å². The average Bonchev–Trinajstić information content (AvgIpc) is 3.06. The topological polar surface area (TPSA) is 53.6 Å². The molecule has 0 radical (unpaired) electrons. The summed E-state index contributed by atoms with van der Waals surface area (Å²) in [5, 5.41) is 6.03. The highest BCUT2D eigenvalue weighted by atomic mass is 16.5. The number of fused-ring (bicyclic) bond motifs is 1. The van der Waals surface area contributed by atoms with Crippen molar-refractivity contribution in [1.82, 2.24) is 10.2 Å². The maximum atomic E-state index is 12.3. The van der Waals surface area contributed by atoms with Gasteiger partial charge < -0.3 is 15.4 Å². The maximum Gasteiger partial charge on any atom is 0.319 e. The van der Waals surface area contributed by atoms with Gasteiger partial charge in [0.2, 0.25) is 0 Å². The second-order valence-corrected chi connectivity index (χ2v) is 7.06. The number of nitrogens with zero attached hydrogens (tertiary/aromatic N) is 1. The SMILES string of the molecule is O=C(Nc1ccc(CN2CCOCC2)cc1)NC1Cc2ccccc2C1. The molecule has 136 valence electrons. The van der Waals surface area contributed by atoms with Crippen molar-refractivity contribution in [3.05, 3.63) is 65.2 Å². The summed E-state index contributed by atoms with van der Waals surface area (Å²) < 4.78 is 5.38. The molecule has 0 aromatic heterocycles. The molecule has 0 saturated carbocycles. The van der Waals surface area contributed by atoms with Crippen LogP contribution in [0, 0.1) is 0 Å². The van der Waals surface area contributed by atoms with Gasteiger partial charge in [0.1, 0.15) is 0 Å². The minimum absolute atomic E-state index is 0.135. The van der Waals surface area contributed by atoms with Crippen molar-refractivity contribution in [2.75, 3.05) is 31.6 Å². The zero-order valence-corrected chi connectivity index (χ0v) is 14.9. The van der Waals surface area contributed by atoms with Crippen LogP contribution in [0.25, 0.3) is 0 Å². The summed E-state index contributed by atoms with van der Waals surface area (Å²) in [5.41, 5.74) is 4.75. The zero-order chi connectivity index (χ0) is 17.8. The quantitative estimate of drug-likeness (QED) is 0.891. The third-order valence-electron chi connectivity index (χ3n) is 5.11. The fourth-order valence-electron chi connectivity index (χ4n) is 3.72. The number of urea groups is 1. The van der Waals surface area contributed by atoms with Crippen LogP contribution in [0.1, 0.15) is 16.7 Å². The highest BCUT2D eigenvalue weighted by Crippen LogP contribution is 2.21. The van der Waals surface area contributed by atoms with E-state index in [2.05, 4.69) is 51.9 Å². The number of hydrogen-bond donors (Lipinski definition) is 2. The van der Waals surface area contributed by atoms with Gasteiger partial charge >= 0.3 is 6.03 Å². The monoisotopic (exact) mass is 351 g/mol. The van der Waals surface area contributed by atoms with Crippen LogP contribution in [0.3, 0.4) is 0 Å². The van der Waals surface area contributed by atoms with Crippen LogP contribution in [0.5, 0.6) is 0 Å². The largest absolute Gasteiger partial charge is 0.379 e. The highest BCUT2D eigenvalue weighted by Gasteiger charge is 2.22. The lowest BCUT2D eigenvalue weighted by molar-refractivity contribution is 0.0342. The van der Waals surface area contributed by atoms with Crippen molar-refractivity contribution in [3.63, 3.8) is 0 Å². The number of hydrogen-bond acceptors (Lipinski definition) is 3. The second kappa shape index (κ2) is 7.89. The number of ether oxygens (including phenoxy) is 1. The molecule has 1 fully saturated rings. The van der Waals surface area contributed by atoms with Crippen LogP contribution < -0.4 is 10.6 Å². The Bertz CT molecular complexity index is 729. The number of rotatable bonds is 4. The summed E-state index contributed by atoms with van der Waals surface area (Å²) in [7, 11) is 0. The van der Waals surface area contributed by atoms with E-state index in [4.69, 9.17) is 4.74 Å². The van der Waals surface area contributed by atoms with Crippen molar-refractivity contribution in [2.24, 2.45) is 0 Å². The van der Waals surface area contributed by atoms with E-state index in [-0.39, 0.29) is 12.1 Å². The molecule has 4 rings (SSSR count). The van der Waals surface area contributed by atoms with Gasteiger partial charge in [-0.15, -0.1) is 0 Å². The lowest BCUT2D eigenvalue weighted by Crippen LogP contribution is -2.38. The molecule has 1 saturated heterocycles. The van der Waals surface area contributed by atoms with E-state index < -0.39 is 0 Å². The van der Waals surface area contributed by atoms with E-state index in [0.717, 1.165) is 51.4 Å². The zero-order valence-electron chi connectivity index (χ0n) is 14.9. The van der Waals surface area contributed by atoms with Crippen molar-refractivity contribution >= 4 is 11.7 Å². The Morgan fingerprint density at radius 3 is 2.31 bits per heavy atom. The molecule has 0 spiro atoms. The molecule has 0 bridgehead atoms. The molecule has 1 aliphatic carbocycles. The molecule has 2 aromatic rings. The van der Waals surface area contributed by atoms with Crippen molar-refractivity contribution < 1.29 is 9.53 Å².